The number of carbonyl (C=O) groups is 1. The van der Waals surface area contributed by atoms with Crippen LogP contribution in [0.2, 0.25) is 0 Å². The number of nitrogens with one attached hydrogen (secondary N) is 1. The molecule has 2 fully saturated rings. The third-order valence-corrected chi connectivity index (χ3v) is 5.08. The number of nitrogens with zero attached hydrogens (tertiary/aromatic N) is 1. The van der Waals surface area contributed by atoms with Crippen LogP contribution in [0.5, 0.6) is 0 Å². The van der Waals surface area contributed by atoms with Crippen LogP contribution in [0.15, 0.2) is 24.3 Å². The zero-order valence-corrected chi connectivity index (χ0v) is 15.0. The molecule has 3 rings (SSSR count). The van der Waals surface area contributed by atoms with E-state index in [1.165, 1.54) is 18.6 Å². The van der Waals surface area contributed by atoms with Gasteiger partial charge in [0.15, 0.2) is 0 Å². The van der Waals surface area contributed by atoms with E-state index in [0.717, 1.165) is 43.6 Å². The molecule has 3 nitrogen and oxygen atoms in total. The molecule has 2 bridgehead atoms. The highest BCUT2D eigenvalue weighted by Crippen LogP contribution is 2.29. The molecule has 7 heteroatoms. The van der Waals surface area contributed by atoms with Crippen LogP contribution >= 0.6 is 12.4 Å². The Kier molecular flexibility index (Phi) is 6.38. The summed E-state index contributed by atoms with van der Waals surface area (Å²) in [5.74, 6) is -0.123. The Balaban J connectivity index is 0.00000225. The Bertz CT molecular complexity index is 591. The molecule has 2 aliphatic rings. The smallest absolute Gasteiger partial charge is 0.341 e. The number of fused-ring (bicyclic) bond motifs is 2. The quantitative estimate of drug-likeness (QED) is 0.873. The number of alkyl halides is 3. The number of benzene rings is 1. The first kappa shape index (κ1) is 20.0. The minimum absolute atomic E-state index is 0. The number of rotatable bonds is 3. The third-order valence-electron chi connectivity index (χ3n) is 5.08. The van der Waals surface area contributed by atoms with Crippen molar-refractivity contribution in [2.45, 2.75) is 50.9 Å². The van der Waals surface area contributed by atoms with Crippen LogP contribution in [0.25, 0.3) is 0 Å². The Labute approximate surface area is 152 Å². The van der Waals surface area contributed by atoms with Gasteiger partial charge in [0.2, 0.25) is 5.91 Å². The Morgan fingerprint density at radius 3 is 2.48 bits per heavy atom. The Morgan fingerprint density at radius 1 is 1.20 bits per heavy atom. The first-order valence-corrected chi connectivity index (χ1v) is 8.54. The molecule has 3 unspecified atom stereocenters. The van der Waals surface area contributed by atoms with Gasteiger partial charge < -0.3 is 10.2 Å². The summed E-state index contributed by atoms with van der Waals surface area (Å²) in [6.45, 7) is 3.37. The van der Waals surface area contributed by atoms with Gasteiger partial charge in [0.05, 0.1) is 5.56 Å². The first-order valence-electron chi connectivity index (χ1n) is 8.54. The number of hydrogen-bond donors (Lipinski definition) is 1. The van der Waals surface area contributed by atoms with E-state index in [4.69, 9.17) is 0 Å². The van der Waals surface area contributed by atoms with Crippen LogP contribution in [-0.2, 0) is 17.4 Å². The number of amides is 1. The lowest BCUT2D eigenvalue weighted by molar-refractivity contribution is -0.138. The lowest BCUT2D eigenvalue weighted by Gasteiger charge is -2.27. The summed E-state index contributed by atoms with van der Waals surface area (Å²) in [6.07, 6.45) is -0.571. The molecule has 140 valence electrons. The molecular weight excluding hydrogens is 353 g/mol. The fourth-order valence-electron chi connectivity index (χ4n) is 3.73. The second-order valence-corrected chi connectivity index (χ2v) is 7.01. The van der Waals surface area contributed by atoms with Gasteiger partial charge in [-0.15, -0.1) is 12.4 Å². The summed E-state index contributed by atoms with van der Waals surface area (Å²) in [4.78, 5) is 14.6. The van der Waals surface area contributed by atoms with Crippen molar-refractivity contribution in [2.75, 3.05) is 13.1 Å². The second kappa shape index (κ2) is 7.96. The van der Waals surface area contributed by atoms with Crippen molar-refractivity contribution < 1.29 is 18.0 Å². The molecule has 2 heterocycles. The highest BCUT2D eigenvalue weighted by Gasteiger charge is 2.33. The maximum atomic E-state index is 12.7. The normalized spacial score (nSPS) is 24.4. The fraction of sp³-hybridized carbons (Fsp3) is 0.611. The van der Waals surface area contributed by atoms with Crippen LogP contribution in [0, 0.1) is 5.92 Å². The first-order chi connectivity index (χ1) is 11.3. The summed E-state index contributed by atoms with van der Waals surface area (Å²) < 4.78 is 37.8. The Hall–Kier alpha value is -1.27. The predicted molar refractivity (Wildman–Crippen MR) is 92.7 cm³/mol. The third kappa shape index (κ3) is 4.88. The largest absolute Gasteiger partial charge is 0.416 e. The van der Waals surface area contributed by atoms with Gasteiger partial charge in [0.1, 0.15) is 0 Å². The molecule has 0 aliphatic carbocycles. The number of hydrogen-bond acceptors (Lipinski definition) is 2. The maximum absolute atomic E-state index is 12.7. The fourth-order valence-corrected chi connectivity index (χ4v) is 3.73. The maximum Gasteiger partial charge on any atom is 0.416 e. The van der Waals surface area contributed by atoms with Crippen molar-refractivity contribution in [1.82, 2.24) is 10.2 Å². The predicted octanol–water partition coefficient (Wildman–Crippen LogP) is 3.66. The summed E-state index contributed by atoms with van der Waals surface area (Å²) in [5.41, 5.74) is 0.109. The summed E-state index contributed by atoms with van der Waals surface area (Å²) in [6, 6.07) is 6.03. The van der Waals surface area contributed by atoms with Gasteiger partial charge in [-0.3, -0.25) is 4.79 Å². The molecule has 2 aliphatic heterocycles. The summed E-state index contributed by atoms with van der Waals surface area (Å²) in [5, 5.41) is 3.55. The molecule has 1 aromatic carbocycles. The standard InChI is InChI=1S/C18H23F3N2O.ClH/c1-12(10-13-2-4-14(5-3-13)18(19,20)21)17(24)23-9-8-15-6-7-16(11-23)22-15;/h2-5,12,15-16,22H,6-11H2,1H3;1H. The van der Waals surface area contributed by atoms with Crippen molar-refractivity contribution in [3.05, 3.63) is 35.4 Å². The SMILES string of the molecule is CC(Cc1ccc(C(F)(F)F)cc1)C(=O)N1CCC2CCC(C1)N2.Cl. The minimum Gasteiger partial charge on any atom is -0.341 e. The number of halogens is 4. The molecule has 0 saturated carbocycles. The van der Waals surface area contributed by atoms with Gasteiger partial charge in [0, 0.05) is 31.1 Å². The van der Waals surface area contributed by atoms with Gasteiger partial charge in [-0.1, -0.05) is 19.1 Å². The van der Waals surface area contributed by atoms with Gasteiger partial charge in [-0.2, -0.15) is 13.2 Å². The molecule has 1 N–H and O–H groups in total. The molecule has 0 aromatic heterocycles. The van der Waals surface area contributed by atoms with E-state index in [2.05, 4.69) is 5.32 Å². The van der Waals surface area contributed by atoms with Crippen molar-refractivity contribution in [3.63, 3.8) is 0 Å². The molecular formula is C18H24ClF3N2O. The average Bonchev–Trinajstić information content (AvgIpc) is 2.85. The van der Waals surface area contributed by atoms with Crippen molar-refractivity contribution in [2.24, 2.45) is 5.92 Å². The average molecular weight is 377 g/mol. The molecule has 0 radical (unpaired) electrons. The van der Waals surface area contributed by atoms with Crippen LogP contribution in [0.3, 0.4) is 0 Å². The van der Waals surface area contributed by atoms with E-state index in [0.29, 0.717) is 18.5 Å². The van der Waals surface area contributed by atoms with Crippen molar-refractivity contribution in [1.29, 1.82) is 0 Å². The van der Waals surface area contributed by atoms with E-state index in [9.17, 15) is 18.0 Å². The van der Waals surface area contributed by atoms with E-state index in [-0.39, 0.29) is 24.2 Å². The Morgan fingerprint density at radius 2 is 1.84 bits per heavy atom. The molecule has 3 atom stereocenters. The monoisotopic (exact) mass is 376 g/mol. The van der Waals surface area contributed by atoms with E-state index in [1.54, 1.807) is 0 Å². The highest BCUT2D eigenvalue weighted by atomic mass is 35.5. The van der Waals surface area contributed by atoms with Crippen LogP contribution < -0.4 is 5.32 Å². The van der Waals surface area contributed by atoms with E-state index >= 15 is 0 Å². The zero-order chi connectivity index (χ0) is 17.3. The van der Waals surface area contributed by atoms with Crippen LogP contribution in [0.1, 0.15) is 37.3 Å². The lowest BCUT2D eigenvalue weighted by atomic mass is 9.98. The molecule has 1 amide bonds. The van der Waals surface area contributed by atoms with Crippen LogP contribution in [0.4, 0.5) is 13.2 Å². The van der Waals surface area contributed by atoms with Gasteiger partial charge >= 0.3 is 6.18 Å². The molecule has 25 heavy (non-hydrogen) atoms. The second-order valence-electron chi connectivity index (χ2n) is 7.01. The molecule has 2 saturated heterocycles. The van der Waals surface area contributed by atoms with Crippen molar-refractivity contribution in [3.8, 4) is 0 Å². The topological polar surface area (TPSA) is 32.3 Å². The van der Waals surface area contributed by atoms with E-state index < -0.39 is 11.7 Å². The molecule has 0 spiro atoms. The zero-order valence-electron chi connectivity index (χ0n) is 14.2. The van der Waals surface area contributed by atoms with Crippen LogP contribution in [-0.4, -0.2) is 36.0 Å². The van der Waals surface area contributed by atoms with Crippen molar-refractivity contribution >= 4 is 18.3 Å². The van der Waals surface area contributed by atoms with Gasteiger partial charge in [-0.05, 0) is 43.4 Å². The summed E-state index contributed by atoms with van der Waals surface area (Å²) in [7, 11) is 0. The highest BCUT2D eigenvalue weighted by molar-refractivity contribution is 5.85. The number of carbonyl (C=O) groups excluding carboxylic acids is 1. The van der Waals surface area contributed by atoms with E-state index in [1.807, 2.05) is 11.8 Å². The summed E-state index contributed by atoms with van der Waals surface area (Å²) >= 11 is 0. The minimum atomic E-state index is -4.32. The van der Waals surface area contributed by atoms with Gasteiger partial charge in [-0.25, -0.2) is 0 Å². The molecule has 1 aromatic rings. The lowest BCUT2D eigenvalue weighted by Crippen LogP contribution is -2.41. The van der Waals surface area contributed by atoms with Gasteiger partial charge in [0.25, 0.3) is 0 Å². The number of likely N-dealkylation sites (tertiary alicyclic amines) is 1.